The SMILES string of the molecule is CC(C)NCC(COc1cccc2ccccc12)OO.Cl. The third-order valence-electron chi connectivity index (χ3n) is 3.08. The van der Waals surface area contributed by atoms with Crippen LogP contribution in [0.2, 0.25) is 0 Å². The maximum Gasteiger partial charge on any atom is 0.139 e. The fraction of sp³-hybridized carbons (Fsp3) is 0.375. The average molecular weight is 312 g/mol. The van der Waals surface area contributed by atoms with Gasteiger partial charge in [0.25, 0.3) is 0 Å². The lowest BCUT2D eigenvalue weighted by Gasteiger charge is -2.17. The third-order valence-corrected chi connectivity index (χ3v) is 3.08. The van der Waals surface area contributed by atoms with Crippen LogP contribution in [0.3, 0.4) is 0 Å². The lowest BCUT2D eigenvalue weighted by atomic mass is 10.1. The van der Waals surface area contributed by atoms with Crippen molar-refractivity contribution in [2.45, 2.75) is 26.0 Å². The van der Waals surface area contributed by atoms with E-state index in [0.717, 1.165) is 16.5 Å². The minimum Gasteiger partial charge on any atom is -0.490 e. The monoisotopic (exact) mass is 311 g/mol. The number of halogens is 1. The number of benzene rings is 2. The van der Waals surface area contributed by atoms with Crippen LogP contribution < -0.4 is 10.1 Å². The van der Waals surface area contributed by atoms with Crippen LogP contribution in [0.25, 0.3) is 10.8 Å². The van der Waals surface area contributed by atoms with Crippen LogP contribution in [0, 0.1) is 0 Å². The summed E-state index contributed by atoms with van der Waals surface area (Å²) in [4.78, 5) is 4.45. The van der Waals surface area contributed by atoms with Crippen molar-refractivity contribution in [1.29, 1.82) is 0 Å². The first-order valence-corrected chi connectivity index (χ1v) is 6.85. The molecule has 0 bridgehead atoms. The van der Waals surface area contributed by atoms with Gasteiger partial charge in [0.2, 0.25) is 0 Å². The van der Waals surface area contributed by atoms with Crippen molar-refractivity contribution in [2.24, 2.45) is 0 Å². The molecule has 2 aromatic rings. The molecule has 2 rings (SSSR count). The van der Waals surface area contributed by atoms with Gasteiger partial charge in [-0.05, 0) is 11.5 Å². The molecule has 1 unspecified atom stereocenters. The van der Waals surface area contributed by atoms with Crippen molar-refractivity contribution in [2.75, 3.05) is 13.2 Å². The quantitative estimate of drug-likeness (QED) is 0.607. The number of hydrogen-bond donors (Lipinski definition) is 2. The van der Waals surface area contributed by atoms with Crippen molar-refractivity contribution in [1.82, 2.24) is 5.32 Å². The van der Waals surface area contributed by atoms with E-state index in [-0.39, 0.29) is 12.4 Å². The summed E-state index contributed by atoms with van der Waals surface area (Å²) in [5, 5.41) is 14.3. The zero-order valence-corrected chi connectivity index (χ0v) is 13.1. The molecule has 116 valence electrons. The predicted octanol–water partition coefficient (Wildman–Crippen LogP) is 3.50. The van der Waals surface area contributed by atoms with Crippen LogP contribution in [-0.2, 0) is 4.89 Å². The Kier molecular flexibility index (Phi) is 7.47. The van der Waals surface area contributed by atoms with Gasteiger partial charge >= 0.3 is 0 Å². The van der Waals surface area contributed by atoms with E-state index in [0.29, 0.717) is 19.2 Å². The number of ether oxygens (including phenoxy) is 1. The van der Waals surface area contributed by atoms with Gasteiger partial charge in [0.1, 0.15) is 18.5 Å². The van der Waals surface area contributed by atoms with E-state index in [1.165, 1.54) is 0 Å². The Bertz CT molecular complexity index is 543. The van der Waals surface area contributed by atoms with Gasteiger partial charge in [-0.25, -0.2) is 4.89 Å². The van der Waals surface area contributed by atoms with Gasteiger partial charge in [-0.2, -0.15) is 0 Å². The van der Waals surface area contributed by atoms with Gasteiger partial charge in [0.15, 0.2) is 0 Å². The van der Waals surface area contributed by atoms with Gasteiger partial charge in [0, 0.05) is 18.0 Å². The van der Waals surface area contributed by atoms with Gasteiger partial charge in [-0.3, -0.25) is 5.26 Å². The molecule has 0 aliphatic carbocycles. The van der Waals surface area contributed by atoms with E-state index >= 15 is 0 Å². The van der Waals surface area contributed by atoms with E-state index in [4.69, 9.17) is 9.99 Å². The van der Waals surface area contributed by atoms with E-state index in [9.17, 15) is 0 Å². The van der Waals surface area contributed by atoms with Gasteiger partial charge in [0.05, 0.1) is 0 Å². The second-order valence-corrected chi connectivity index (χ2v) is 5.08. The minimum atomic E-state index is -0.392. The lowest BCUT2D eigenvalue weighted by molar-refractivity contribution is -0.281. The zero-order valence-electron chi connectivity index (χ0n) is 12.3. The average Bonchev–Trinajstić information content (AvgIpc) is 2.47. The Morgan fingerprint density at radius 1 is 1.10 bits per heavy atom. The molecular weight excluding hydrogens is 290 g/mol. The minimum absolute atomic E-state index is 0. The summed E-state index contributed by atoms with van der Waals surface area (Å²) in [5.74, 6) is 0.801. The summed E-state index contributed by atoms with van der Waals surface area (Å²) in [6, 6.07) is 14.3. The molecule has 0 spiro atoms. The molecule has 0 aliphatic rings. The zero-order chi connectivity index (χ0) is 14.4. The molecule has 0 saturated heterocycles. The Labute approximate surface area is 131 Å². The Balaban J connectivity index is 0.00000220. The van der Waals surface area contributed by atoms with E-state index < -0.39 is 6.10 Å². The Morgan fingerprint density at radius 2 is 1.81 bits per heavy atom. The summed E-state index contributed by atoms with van der Waals surface area (Å²) in [5.41, 5.74) is 0. The molecule has 0 radical (unpaired) electrons. The largest absolute Gasteiger partial charge is 0.490 e. The first-order valence-electron chi connectivity index (χ1n) is 6.85. The van der Waals surface area contributed by atoms with Crippen LogP contribution in [0.1, 0.15) is 13.8 Å². The van der Waals surface area contributed by atoms with Gasteiger partial charge in [-0.1, -0.05) is 50.2 Å². The second-order valence-electron chi connectivity index (χ2n) is 5.08. The van der Waals surface area contributed by atoms with E-state index in [1.807, 2.05) is 56.3 Å². The fourth-order valence-electron chi connectivity index (χ4n) is 2.00. The summed E-state index contributed by atoms with van der Waals surface area (Å²) in [6.07, 6.45) is -0.392. The second kappa shape index (κ2) is 8.85. The van der Waals surface area contributed by atoms with Gasteiger partial charge < -0.3 is 10.1 Å². The number of rotatable bonds is 7. The molecule has 21 heavy (non-hydrogen) atoms. The van der Waals surface area contributed by atoms with Crippen LogP contribution in [0.5, 0.6) is 5.75 Å². The molecule has 0 amide bonds. The predicted molar refractivity (Wildman–Crippen MR) is 87.3 cm³/mol. The number of fused-ring (bicyclic) bond motifs is 1. The molecule has 0 aromatic heterocycles. The van der Waals surface area contributed by atoms with E-state index in [2.05, 4.69) is 10.2 Å². The van der Waals surface area contributed by atoms with Gasteiger partial charge in [-0.15, -0.1) is 12.4 Å². The highest BCUT2D eigenvalue weighted by atomic mass is 35.5. The summed E-state index contributed by atoms with van der Waals surface area (Å²) in [6.45, 7) is 4.92. The Morgan fingerprint density at radius 3 is 2.52 bits per heavy atom. The Hall–Kier alpha value is -1.33. The molecule has 0 fully saturated rings. The van der Waals surface area contributed by atoms with Crippen molar-refractivity contribution in [3.05, 3.63) is 42.5 Å². The number of nitrogens with one attached hydrogen (secondary N) is 1. The highest BCUT2D eigenvalue weighted by Crippen LogP contribution is 2.25. The number of hydrogen-bond acceptors (Lipinski definition) is 4. The maximum atomic E-state index is 8.91. The highest BCUT2D eigenvalue weighted by Gasteiger charge is 2.11. The van der Waals surface area contributed by atoms with Crippen molar-refractivity contribution >= 4 is 23.2 Å². The van der Waals surface area contributed by atoms with Crippen LogP contribution >= 0.6 is 12.4 Å². The summed E-state index contributed by atoms with van der Waals surface area (Å²) in [7, 11) is 0. The smallest absolute Gasteiger partial charge is 0.139 e. The van der Waals surface area contributed by atoms with Crippen molar-refractivity contribution in [3.63, 3.8) is 0 Å². The molecule has 1 atom stereocenters. The van der Waals surface area contributed by atoms with Crippen molar-refractivity contribution < 1.29 is 14.9 Å². The first kappa shape index (κ1) is 17.7. The molecule has 5 heteroatoms. The van der Waals surface area contributed by atoms with E-state index in [1.54, 1.807) is 0 Å². The molecule has 0 saturated carbocycles. The topological polar surface area (TPSA) is 50.7 Å². The lowest BCUT2D eigenvalue weighted by Crippen LogP contribution is -2.36. The fourth-order valence-corrected chi connectivity index (χ4v) is 2.00. The maximum absolute atomic E-state index is 8.91. The molecule has 2 N–H and O–H groups in total. The molecule has 2 aromatic carbocycles. The third kappa shape index (κ3) is 5.17. The van der Waals surface area contributed by atoms with Crippen LogP contribution in [-0.4, -0.2) is 30.6 Å². The first-order chi connectivity index (χ1) is 9.70. The molecular formula is C16H22ClNO3. The highest BCUT2D eigenvalue weighted by molar-refractivity contribution is 5.88. The van der Waals surface area contributed by atoms with Crippen LogP contribution in [0.4, 0.5) is 0 Å². The van der Waals surface area contributed by atoms with Crippen LogP contribution in [0.15, 0.2) is 42.5 Å². The summed E-state index contributed by atoms with van der Waals surface area (Å²) >= 11 is 0. The standard InChI is InChI=1S/C16H21NO3.ClH/c1-12(2)17-10-14(20-18)11-19-16-9-5-7-13-6-3-4-8-15(13)16;/h3-9,12,14,17-18H,10-11H2,1-2H3;1H. The molecule has 0 aliphatic heterocycles. The molecule has 4 nitrogen and oxygen atoms in total. The van der Waals surface area contributed by atoms with Crippen molar-refractivity contribution in [3.8, 4) is 5.75 Å². The normalized spacial score (nSPS) is 12.2. The molecule has 0 heterocycles. The summed E-state index contributed by atoms with van der Waals surface area (Å²) < 4.78 is 5.78.